The molecule has 21 heavy (non-hydrogen) atoms. The van der Waals surface area contributed by atoms with E-state index in [0.717, 1.165) is 25.0 Å². The van der Waals surface area contributed by atoms with Crippen LogP contribution in [0.25, 0.3) is 10.9 Å². The van der Waals surface area contributed by atoms with E-state index in [4.69, 9.17) is 0 Å². The van der Waals surface area contributed by atoms with Gasteiger partial charge >= 0.3 is 0 Å². The molecule has 3 nitrogen and oxygen atoms in total. The minimum absolute atomic E-state index is 0.190. The molecule has 0 fully saturated rings. The van der Waals surface area contributed by atoms with E-state index in [1.54, 1.807) is 0 Å². The molecule has 1 aromatic carbocycles. The van der Waals surface area contributed by atoms with Crippen LogP contribution in [-0.4, -0.2) is 23.6 Å². The van der Waals surface area contributed by atoms with E-state index in [1.165, 1.54) is 20.2 Å². The lowest BCUT2D eigenvalue weighted by Gasteiger charge is -2.20. The highest BCUT2D eigenvalue weighted by Crippen LogP contribution is 2.26. The first-order valence-corrected chi connectivity index (χ1v) is 8.48. The van der Waals surface area contributed by atoms with Crippen LogP contribution in [-0.2, 0) is 0 Å². The number of aromatic nitrogens is 1. The normalized spacial score (nSPS) is 11.9. The molecule has 0 saturated carbocycles. The van der Waals surface area contributed by atoms with Gasteiger partial charge < -0.3 is 10.6 Å². The molecule has 0 saturated heterocycles. The number of nitrogens with one attached hydrogen (secondary N) is 2. The molecule has 2 rings (SSSR count). The van der Waals surface area contributed by atoms with Gasteiger partial charge in [-0.1, -0.05) is 0 Å². The predicted octanol–water partition coefficient (Wildman–Crippen LogP) is 4.34. The van der Waals surface area contributed by atoms with Gasteiger partial charge in [-0.3, -0.25) is 4.98 Å². The molecule has 0 spiro atoms. The summed E-state index contributed by atoms with van der Waals surface area (Å²) in [6.07, 6.45) is 3.05. The molecule has 0 amide bonds. The van der Waals surface area contributed by atoms with E-state index in [2.05, 4.69) is 84.1 Å². The third-order valence-corrected chi connectivity index (χ3v) is 4.00. The number of benzene rings is 1. The molecule has 0 bridgehead atoms. The van der Waals surface area contributed by atoms with Crippen LogP contribution in [0.3, 0.4) is 0 Å². The molecule has 0 aliphatic heterocycles. The van der Waals surface area contributed by atoms with Crippen molar-refractivity contribution >= 4 is 39.2 Å². The van der Waals surface area contributed by atoms with E-state index in [1.807, 2.05) is 6.20 Å². The monoisotopic (exact) mass is 397 g/mol. The summed E-state index contributed by atoms with van der Waals surface area (Å²) in [5.41, 5.74) is 3.66. The Kier molecular flexibility index (Phi) is 5.43. The molecule has 0 radical (unpaired) electrons. The number of halogens is 1. The summed E-state index contributed by atoms with van der Waals surface area (Å²) in [7, 11) is 0. The first kappa shape index (κ1) is 16.5. The van der Waals surface area contributed by atoms with E-state index < -0.39 is 0 Å². The molecule has 0 aliphatic rings. The summed E-state index contributed by atoms with van der Waals surface area (Å²) < 4.78 is 1.22. The van der Waals surface area contributed by atoms with E-state index in [9.17, 15) is 0 Å². The van der Waals surface area contributed by atoms with Crippen molar-refractivity contribution in [1.29, 1.82) is 0 Å². The maximum atomic E-state index is 4.52. The molecule has 1 aromatic heterocycles. The quantitative estimate of drug-likeness (QED) is 0.582. The lowest BCUT2D eigenvalue weighted by molar-refractivity contribution is 0.425. The molecule has 114 valence electrons. The topological polar surface area (TPSA) is 37.0 Å². The number of hydrogen-bond donors (Lipinski definition) is 2. The summed E-state index contributed by atoms with van der Waals surface area (Å²) in [5, 5.41) is 8.30. The number of nitrogens with zero attached hydrogens (tertiary/aromatic N) is 1. The Morgan fingerprint density at radius 3 is 2.67 bits per heavy atom. The van der Waals surface area contributed by atoms with Crippen molar-refractivity contribution in [3.63, 3.8) is 0 Å². The van der Waals surface area contributed by atoms with Crippen molar-refractivity contribution in [3.05, 3.63) is 33.5 Å². The molecule has 1 heterocycles. The number of pyridine rings is 1. The van der Waals surface area contributed by atoms with Gasteiger partial charge in [-0.25, -0.2) is 0 Å². The second-order valence-corrected chi connectivity index (χ2v) is 7.68. The lowest BCUT2D eigenvalue weighted by Crippen LogP contribution is -2.36. The van der Waals surface area contributed by atoms with Crippen molar-refractivity contribution in [2.24, 2.45) is 0 Å². The summed E-state index contributed by atoms with van der Waals surface area (Å²) in [6.45, 7) is 10.7. The number of fused-ring (bicyclic) bond motifs is 1. The van der Waals surface area contributed by atoms with Gasteiger partial charge in [0.25, 0.3) is 0 Å². The van der Waals surface area contributed by atoms with Gasteiger partial charge in [0.15, 0.2) is 0 Å². The number of hydrogen-bond acceptors (Lipinski definition) is 3. The SMILES string of the molecule is Cc1cnc2cc(I)ccc2c1NCCCNC(C)(C)C. The largest absolute Gasteiger partial charge is 0.384 e. The Balaban J connectivity index is 2.03. The molecule has 2 N–H and O–H groups in total. The summed E-state index contributed by atoms with van der Waals surface area (Å²) in [6, 6.07) is 6.42. The Morgan fingerprint density at radius 1 is 1.19 bits per heavy atom. The Hall–Kier alpha value is -0.880. The first-order chi connectivity index (χ1) is 9.87. The van der Waals surface area contributed by atoms with Gasteiger partial charge in [0.1, 0.15) is 0 Å². The first-order valence-electron chi connectivity index (χ1n) is 7.40. The van der Waals surface area contributed by atoms with E-state index in [0.29, 0.717) is 0 Å². The molecule has 0 aliphatic carbocycles. The average Bonchev–Trinajstić information content (AvgIpc) is 2.39. The van der Waals surface area contributed by atoms with Crippen molar-refractivity contribution < 1.29 is 0 Å². The zero-order chi connectivity index (χ0) is 15.5. The molecule has 4 heteroatoms. The lowest BCUT2D eigenvalue weighted by atomic mass is 10.1. The maximum Gasteiger partial charge on any atom is 0.0733 e. The van der Waals surface area contributed by atoms with Gasteiger partial charge in [-0.15, -0.1) is 0 Å². The molecule has 0 atom stereocenters. The van der Waals surface area contributed by atoms with Gasteiger partial charge in [-0.2, -0.15) is 0 Å². The molecular formula is C17H24IN3. The van der Waals surface area contributed by atoms with Crippen LogP contribution >= 0.6 is 22.6 Å². The van der Waals surface area contributed by atoms with Gasteiger partial charge in [0.2, 0.25) is 0 Å². The Labute approximate surface area is 141 Å². The van der Waals surface area contributed by atoms with Crippen LogP contribution in [0.5, 0.6) is 0 Å². The minimum atomic E-state index is 0.190. The van der Waals surface area contributed by atoms with Crippen molar-refractivity contribution in [3.8, 4) is 0 Å². The third-order valence-electron chi connectivity index (χ3n) is 3.33. The molecule has 0 unspecified atom stereocenters. The number of rotatable bonds is 5. The van der Waals surface area contributed by atoms with Gasteiger partial charge in [0.05, 0.1) is 5.52 Å². The second-order valence-electron chi connectivity index (χ2n) is 6.43. The molecule has 2 aromatic rings. The van der Waals surface area contributed by atoms with Crippen LogP contribution < -0.4 is 10.6 Å². The fourth-order valence-electron chi connectivity index (χ4n) is 2.27. The van der Waals surface area contributed by atoms with Crippen LogP contribution in [0, 0.1) is 10.5 Å². The zero-order valence-electron chi connectivity index (χ0n) is 13.3. The summed E-state index contributed by atoms with van der Waals surface area (Å²) in [5.74, 6) is 0. The average molecular weight is 397 g/mol. The molecular weight excluding hydrogens is 373 g/mol. The maximum absolute atomic E-state index is 4.52. The Bertz CT molecular complexity index is 617. The van der Waals surface area contributed by atoms with Crippen LogP contribution in [0.1, 0.15) is 32.8 Å². The van der Waals surface area contributed by atoms with E-state index in [-0.39, 0.29) is 5.54 Å². The van der Waals surface area contributed by atoms with Crippen molar-refractivity contribution in [2.75, 3.05) is 18.4 Å². The van der Waals surface area contributed by atoms with Gasteiger partial charge in [-0.05, 0) is 87.0 Å². The van der Waals surface area contributed by atoms with Crippen LogP contribution in [0.4, 0.5) is 5.69 Å². The predicted molar refractivity (Wildman–Crippen MR) is 100 cm³/mol. The van der Waals surface area contributed by atoms with E-state index >= 15 is 0 Å². The van der Waals surface area contributed by atoms with Gasteiger partial charge in [0, 0.05) is 32.9 Å². The standard InChI is InChI=1S/C17H24IN3/c1-12-11-20-15-10-13(18)6-7-14(15)16(12)19-8-5-9-21-17(2,3)4/h6-7,10-11,21H,5,8-9H2,1-4H3,(H,19,20). The fourth-order valence-corrected chi connectivity index (χ4v) is 2.74. The third kappa shape index (κ3) is 4.81. The zero-order valence-corrected chi connectivity index (χ0v) is 15.4. The number of aryl methyl sites for hydroxylation is 1. The Morgan fingerprint density at radius 2 is 1.95 bits per heavy atom. The second kappa shape index (κ2) is 6.92. The van der Waals surface area contributed by atoms with Crippen molar-refractivity contribution in [1.82, 2.24) is 10.3 Å². The smallest absolute Gasteiger partial charge is 0.0733 e. The van der Waals surface area contributed by atoms with Crippen LogP contribution in [0.15, 0.2) is 24.4 Å². The highest BCUT2D eigenvalue weighted by atomic mass is 127. The highest BCUT2D eigenvalue weighted by molar-refractivity contribution is 14.1. The van der Waals surface area contributed by atoms with Crippen LogP contribution in [0.2, 0.25) is 0 Å². The number of anilines is 1. The minimum Gasteiger partial charge on any atom is -0.384 e. The summed E-state index contributed by atoms with van der Waals surface area (Å²) in [4.78, 5) is 4.52. The fraction of sp³-hybridized carbons (Fsp3) is 0.471. The van der Waals surface area contributed by atoms with Crippen molar-refractivity contribution in [2.45, 2.75) is 39.7 Å². The highest BCUT2D eigenvalue weighted by Gasteiger charge is 2.08. The summed E-state index contributed by atoms with van der Waals surface area (Å²) >= 11 is 2.33.